The van der Waals surface area contributed by atoms with Crippen LogP contribution in [-0.4, -0.2) is 49.9 Å². The highest BCUT2D eigenvalue weighted by Crippen LogP contribution is 2.39. The number of carboxylic acid groups (broad SMARTS) is 1. The summed E-state index contributed by atoms with van der Waals surface area (Å²) in [6, 6.07) is 7.87. The molecule has 178 valence electrons. The Bertz CT molecular complexity index is 1020. The highest BCUT2D eigenvalue weighted by molar-refractivity contribution is 7.81. The van der Waals surface area contributed by atoms with E-state index >= 15 is 0 Å². The van der Waals surface area contributed by atoms with E-state index in [2.05, 4.69) is 10.00 Å². The van der Waals surface area contributed by atoms with Crippen LogP contribution in [0.15, 0.2) is 42.1 Å². The number of aliphatic carboxylic acids is 1. The second kappa shape index (κ2) is 11.3. The van der Waals surface area contributed by atoms with Crippen LogP contribution in [0.4, 0.5) is 4.39 Å². The van der Waals surface area contributed by atoms with Gasteiger partial charge in [-0.1, -0.05) is 18.2 Å². The van der Waals surface area contributed by atoms with Gasteiger partial charge in [0.2, 0.25) is 0 Å². The third-order valence-corrected chi connectivity index (χ3v) is 6.68. The number of ketones is 1. The summed E-state index contributed by atoms with van der Waals surface area (Å²) in [6.45, 7) is 1.74. The number of hydrogen-bond acceptors (Lipinski definition) is 5. The van der Waals surface area contributed by atoms with E-state index in [0.717, 1.165) is 30.5 Å². The molecule has 0 amide bonds. The van der Waals surface area contributed by atoms with Gasteiger partial charge < -0.3 is 5.11 Å². The second-order valence-electron chi connectivity index (χ2n) is 8.60. The minimum absolute atomic E-state index is 0. The lowest BCUT2D eigenvalue weighted by molar-refractivity contribution is -0.137. The zero-order valence-electron chi connectivity index (χ0n) is 18.3. The maximum absolute atomic E-state index is 14.7. The number of thiol groups is 1. The summed E-state index contributed by atoms with van der Waals surface area (Å²) in [4.78, 5) is 25.9. The molecule has 1 saturated carbocycles. The molecule has 9 heteroatoms. The Balaban J connectivity index is 0.00000306. The van der Waals surface area contributed by atoms with E-state index in [1.165, 1.54) is 6.07 Å². The van der Waals surface area contributed by atoms with Crippen LogP contribution >= 0.6 is 25.0 Å². The fraction of sp³-hybridized carbons (Fsp3) is 0.458. The summed E-state index contributed by atoms with van der Waals surface area (Å²) in [7, 11) is 0. The van der Waals surface area contributed by atoms with Gasteiger partial charge in [0, 0.05) is 49.0 Å². The first-order valence-electron chi connectivity index (χ1n) is 11.1. The van der Waals surface area contributed by atoms with E-state index in [1.807, 2.05) is 18.3 Å². The third kappa shape index (κ3) is 6.46. The van der Waals surface area contributed by atoms with E-state index in [1.54, 1.807) is 22.9 Å². The van der Waals surface area contributed by atoms with E-state index in [4.69, 9.17) is 17.7 Å². The minimum Gasteiger partial charge on any atom is -0.481 e. The van der Waals surface area contributed by atoms with Crippen molar-refractivity contribution in [1.82, 2.24) is 14.7 Å². The van der Waals surface area contributed by atoms with Crippen LogP contribution in [-0.2, 0) is 16.1 Å². The van der Waals surface area contributed by atoms with Crippen LogP contribution in [0.5, 0.6) is 0 Å². The first-order valence-corrected chi connectivity index (χ1v) is 11.6. The maximum Gasteiger partial charge on any atom is 0.303 e. The summed E-state index contributed by atoms with van der Waals surface area (Å²) in [5.41, 5.74) is 2.26. The molecular weight excluding hydrogens is 465 g/mol. The van der Waals surface area contributed by atoms with Gasteiger partial charge in [0.05, 0.1) is 11.7 Å². The summed E-state index contributed by atoms with van der Waals surface area (Å²) in [5.74, 6) is -1.02. The van der Waals surface area contributed by atoms with Crippen molar-refractivity contribution in [3.63, 3.8) is 0 Å². The van der Waals surface area contributed by atoms with Gasteiger partial charge >= 0.3 is 5.97 Å². The smallest absolute Gasteiger partial charge is 0.303 e. The van der Waals surface area contributed by atoms with Crippen molar-refractivity contribution in [3.05, 3.63) is 59.2 Å². The highest BCUT2D eigenvalue weighted by Gasteiger charge is 2.40. The van der Waals surface area contributed by atoms with Crippen LogP contribution in [0.2, 0.25) is 0 Å². The number of Topliss-reactive ketones (excluding diaryl/α,β-unsaturated/α-hetero) is 1. The van der Waals surface area contributed by atoms with Gasteiger partial charge in [-0.05, 0) is 49.5 Å². The molecule has 1 saturated heterocycles. The average Bonchev–Trinajstić information content (AvgIpc) is 3.52. The molecule has 33 heavy (non-hydrogen) atoms. The first kappa shape index (κ1) is 25.5. The minimum atomic E-state index is -0.815. The molecule has 2 unspecified atom stereocenters. The van der Waals surface area contributed by atoms with Gasteiger partial charge in [-0.3, -0.25) is 19.2 Å². The van der Waals surface area contributed by atoms with Crippen molar-refractivity contribution in [3.8, 4) is 0 Å². The number of hydrogen-bond donors (Lipinski definition) is 2. The van der Waals surface area contributed by atoms with E-state index < -0.39 is 12.0 Å². The van der Waals surface area contributed by atoms with E-state index in [9.17, 15) is 14.0 Å². The van der Waals surface area contributed by atoms with Crippen molar-refractivity contribution in [2.75, 3.05) is 13.1 Å². The molecule has 1 aliphatic carbocycles. The number of aryl methyl sites for hydroxylation is 1. The van der Waals surface area contributed by atoms with Crippen LogP contribution < -0.4 is 0 Å². The SMILES string of the molecule is Cl.O=C(O)CCCn1ccc(C=C2CN(C(C(=O)C3CC3)c3ccccc3F)CCC2S)n1. The Morgan fingerprint density at radius 3 is 2.70 bits per heavy atom. The fourth-order valence-corrected chi connectivity index (χ4v) is 4.51. The lowest BCUT2D eigenvalue weighted by Gasteiger charge is -2.37. The molecule has 4 rings (SSSR count). The van der Waals surface area contributed by atoms with Gasteiger partial charge in [-0.2, -0.15) is 17.7 Å². The third-order valence-electron chi connectivity index (χ3n) is 6.09. The molecule has 2 heterocycles. The molecule has 1 N–H and O–H groups in total. The maximum atomic E-state index is 14.7. The summed E-state index contributed by atoms with van der Waals surface area (Å²) in [5, 5.41) is 13.4. The first-order chi connectivity index (χ1) is 15.4. The van der Waals surface area contributed by atoms with Gasteiger partial charge in [0.1, 0.15) is 5.82 Å². The number of nitrogens with zero attached hydrogens (tertiary/aromatic N) is 3. The molecule has 1 aromatic heterocycles. The quantitative estimate of drug-likeness (QED) is 0.506. The number of aromatic nitrogens is 2. The molecule has 1 aliphatic heterocycles. The van der Waals surface area contributed by atoms with Gasteiger partial charge in [0.15, 0.2) is 5.78 Å². The topological polar surface area (TPSA) is 75.4 Å². The highest BCUT2D eigenvalue weighted by atomic mass is 35.5. The predicted octanol–water partition coefficient (Wildman–Crippen LogP) is 4.42. The van der Waals surface area contributed by atoms with Crippen LogP contribution in [0.3, 0.4) is 0 Å². The Kier molecular flexibility index (Phi) is 8.73. The summed E-state index contributed by atoms with van der Waals surface area (Å²) >= 11 is 4.74. The van der Waals surface area contributed by atoms with Crippen molar-refractivity contribution in [1.29, 1.82) is 0 Å². The number of carbonyl (C=O) groups excluding carboxylic acids is 1. The standard InChI is InChI=1S/C24H28FN3O3S.ClH/c25-20-5-2-1-4-19(20)23(24(31)16-7-8-16)27-12-10-21(32)17(15-27)14-18-9-13-28(26-18)11-3-6-22(29)30;/h1-2,4-5,9,13-14,16,21,23,32H,3,6-8,10-12,15H2,(H,29,30);1H. The van der Waals surface area contributed by atoms with Crippen molar-refractivity contribution in [2.24, 2.45) is 5.92 Å². The van der Waals surface area contributed by atoms with Gasteiger partial charge in [0.25, 0.3) is 0 Å². The Labute approximate surface area is 204 Å². The normalized spacial score (nSPS) is 20.9. The summed E-state index contributed by atoms with van der Waals surface area (Å²) in [6.07, 6.45) is 6.97. The monoisotopic (exact) mass is 493 g/mol. The van der Waals surface area contributed by atoms with Crippen LogP contribution in [0.1, 0.15) is 49.4 Å². The lowest BCUT2D eigenvalue weighted by Crippen LogP contribution is -2.42. The van der Waals surface area contributed by atoms with Crippen LogP contribution in [0.25, 0.3) is 6.08 Å². The molecule has 0 spiro atoms. The Morgan fingerprint density at radius 1 is 1.24 bits per heavy atom. The average molecular weight is 494 g/mol. The number of carboxylic acids is 1. The molecule has 2 atom stereocenters. The Morgan fingerprint density at radius 2 is 2.00 bits per heavy atom. The number of halogens is 2. The molecule has 0 bridgehead atoms. The zero-order chi connectivity index (χ0) is 22.7. The van der Waals surface area contributed by atoms with E-state index in [-0.39, 0.29) is 41.6 Å². The predicted molar refractivity (Wildman–Crippen MR) is 130 cm³/mol. The van der Waals surface area contributed by atoms with Crippen molar-refractivity contribution < 1.29 is 19.1 Å². The lowest BCUT2D eigenvalue weighted by atomic mass is 9.93. The molecule has 2 aromatic rings. The molecule has 0 radical (unpaired) electrons. The largest absolute Gasteiger partial charge is 0.481 e. The summed E-state index contributed by atoms with van der Waals surface area (Å²) < 4.78 is 16.4. The second-order valence-corrected chi connectivity index (χ2v) is 9.22. The number of rotatable bonds is 9. The molecule has 6 nitrogen and oxygen atoms in total. The Hall–Kier alpha value is -2.16. The van der Waals surface area contributed by atoms with Crippen molar-refractivity contribution in [2.45, 2.75) is 49.9 Å². The van der Waals surface area contributed by atoms with Crippen molar-refractivity contribution >= 4 is 42.9 Å². The van der Waals surface area contributed by atoms with Crippen LogP contribution in [0, 0.1) is 11.7 Å². The van der Waals surface area contributed by atoms with Gasteiger partial charge in [-0.15, -0.1) is 12.4 Å². The zero-order valence-corrected chi connectivity index (χ0v) is 20.0. The number of benzene rings is 1. The number of carbonyl (C=O) groups is 2. The molecular formula is C24H29ClFN3O3S. The van der Waals surface area contributed by atoms with E-state index in [0.29, 0.717) is 31.6 Å². The number of likely N-dealkylation sites (tertiary alicyclic amines) is 1. The number of piperidine rings is 1. The van der Waals surface area contributed by atoms with Gasteiger partial charge in [-0.25, -0.2) is 4.39 Å². The fourth-order valence-electron chi connectivity index (χ4n) is 4.23. The molecule has 1 aromatic carbocycles. The molecule has 2 aliphatic rings. The molecule has 2 fully saturated rings.